The molecule has 0 saturated heterocycles. The van der Waals surface area contributed by atoms with Crippen molar-refractivity contribution in [2.75, 3.05) is 25.6 Å². The second kappa shape index (κ2) is 11.4. The van der Waals surface area contributed by atoms with Crippen molar-refractivity contribution in [2.45, 2.75) is 6.92 Å². The van der Waals surface area contributed by atoms with Gasteiger partial charge in [-0.25, -0.2) is 4.79 Å². The van der Waals surface area contributed by atoms with Crippen LogP contribution < -0.4 is 14.8 Å². The van der Waals surface area contributed by atoms with Crippen molar-refractivity contribution in [3.05, 3.63) is 56.1 Å². The third kappa shape index (κ3) is 6.64. The molecule has 0 spiro atoms. The van der Waals surface area contributed by atoms with Gasteiger partial charge in [0.25, 0.3) is 5.91 Å². The zero-order valence-corrected chi connectivity index (χ0v) is 19.1. The van der Waals surface area contributed by atoms with Crippen LogP contribution in [0.25, 0.3) is 6.08 Å². The number of halogens is 2. The molecule has 0 heterocycles. The van der Waals surface area contributed by atoms with E-state index in [2.05, 4.69) is 5.32 Å². The Hall–Kier alpha value is -2.77. The first-order valence-electron chi connectivity index (χ1n) is 8.72. The summed E-state index contributed by atoms with van der Waals surface area (Å²) in [5.41, 5.74) is 0.925. The summed E-state index contributed by atoms with van der Waals surface area (Å²) in [6.45, 7) is 1.70. The van der Waals surface area contributed by atoms with Crippen molar-refractivity contribution < 1.29 is 23.8 Å². The predicted molar refractivity (Wildman–Crippen MR) is 122 cm³/mol. The Labute approximate surface area is 192 Å². The molecule has 0 radical (unpaired) electrons. The maximum Gasteiger partial charge on any atom is 0.344 e. The number of hydrogen-bond acceptors (Lipinski definition) is 6. The highest BCUT2D eigenvalue weighted by Crippen LogP contribution is 2.34. The Morgan fingerprint density at radius 1 is 1.30 bits per heavy atom. The number of benzene rings is 2. The minimum Gasteiger partial charge on any atom is -0.493 e. The van der Waals surface area contributed by atoms with E-state index in [0.29, 0.717) is 31.3 Å². The maximum atomic E-state index is 12.5. The Morgan fingerprint density at radius 3 is 2.70 bits per heavy atom. The predicted octanol–water partition coefficient (Wildman–Crippen LogP) is 4.44. The van der Waals surface area contributed by atoms with E-state index in [1.807, 2.05) is 28.7 Å². The topological polar surface area (TPSA) is 97.7 Å². The molecule has 0 saturated carbocycles. The minimum atomic E-state index is -0.573. The molecule has 1 amide bonds. The van der Waals surface area contributed by atoms with Crippen LogP contribution in [0.2, 0.25) is 5.02 Å². The lowest BCUT2D eigenvalue weighted by molar-refractivity contribution is -0.145. The van der Waals surface area contributed by atoms with Crippen LogP contribution in [-0.4, -0.2) is 32.2 Å². The zero-order valence-electron chi connectivity index (χ0n) is 16.2. The molecule has 2 rings (SSSR count). The molecule has 0 aliphatic heterocycles. The quantitative estimate of drug-likeness (QED) is 0.230. The number of nitrogens with zero attached hydrogens (tertiary/aromatic N) is 1. The van der Waals surface area contributed by atoms with E-state index in [4.69, 9.17) is 25.8 Å². The van der Waals surface area contributed by atoms with Crippen molar-refractivity contribution in [3.8, 4) is 17.6 Å². The van der Waals surface area contributed by atoms with Gasteiger partial charge in [-0.3, -0.25) is 4.79 Å². The van der Waals surface area contributed by atoms with Crippen LogP contribution >= 0.6 is 34.2 Å². The fourth-order valence-electron chi connectivity index (χ4n) is 2.38. The molecule has 1 N–H and O–H groups in total. The molecule has 30 heavy (non-hydrogen) atoms. The van der Waals surface area contributed by atoms with Crippen LogP contribution in [-0.2, 0) is 14.3 Å². The second-order valence-electron chi connectivity index (χ2n) is 5.76. The molecule has 2 aromatic rings. The molecule has 0 unspecified atom stereocenters. The minimum absolute atomic E-state index is 0.104. The number of carbonyl (C=O) groups excluding carboxylic acids is 2. The Balaban J connectivity index is 2.25. The number of anilines is 1. The smallest absolute Gasteiger partial charge is 0.344 e. The standard InChI is InChI=1S/C21H18ClIN2O5/c1-3-29-19(26)12-30-20-17(23)8-13(9-18(20)28-2)7-14(11-24)21(27)25-16-6-4-5-15(22)10-16/h4-10H,3,12H2,1-2H3,(H,25,27)/b14-7+. The van der Waals surface area contributed by atoms with Gasteiger partial charge in [0.15, 0.2) is 18.1 Å². The SMILES string of the molecule is CCOC(=O)COc1c(I)cc(/C=C(\C#N)C(=O)Nc2cccc(Cl)c2)cc1OC. The zero-order chi connectivity index (χ0) is 22.1. The Morgan fingerprint density at radius 2 is 2.07 bits per heavy atom. The molecule has 9 heteroatoms. The fraction of sp³-hybridized carbons (Fsp3) is 0.190. The number of methoxy groups -OCH3 is 1. The van der Waals surface area contributed by atoms with E-state index in [-0.39, 0.29) is 18.8 Å². The molecule has 156 valence electrons. The molecule has 0 aliphatic rings. The first-order valence-corrected chi connectivity index (χ1v) is 10.2. The highest BCUT2D eigenvalue weighted by molar-refractivity contribution is 14.1. The number of nitrogens with one attached hydrogen (secondary N) is 1. The van der Waals surface area contributed by atoms with Crippen LogP contribution in [0.3, 0.4) is 0 Å². The summed E-state index contributed by atoms with van der Waals surface area (Å²) in [4.78, 5) is 24.0. The first kappa shape index (κ1) is 23.5. The third-order valence-electron chi connectivity index (χ3n) is 3.65. The molecule has 7 nitrogen and oxygen atoms in total. The van der Waals surface area contributed by atoms with Crippen LogP contribution in [0.15, 0.2) is 42.0 Å². The summed E-state index contributed by atoms with van der Waals surface area (Å²) in [6, 6.07) is 11.8. The summed E-state index contributed by atoms with van der Waals surface area (Å²) in [5, 5.41) is 12.5. The molecular formula is C21H18ClIN2O5. The van der Waals surface area contributed by atoms with E-state index in [9.17, 15) is 14.9 Å². The molecule has 0 atom stereocenters. The number of rotatable bonds is 8. The van der Waals surface area contributed by atoms with Gasteiger partial charge in [0.1, 0.15) is 11.6 Å². The maximum absolute atomic E-state index is 12.5. The van der Waals surface area contributed by atoms with E-state index in [1.165, 1.54) is 13.2 Å². The van der Waals surface area contributed by atoms with Crippen molar-refractivity contribution in [1.29, 1.82) is 5.26 Å². The average molecular weight is 541 g/mol. The summed E-state index contributed by atoms with van der Waals surface area (Å²) in [6.07, 6.45) is 1.43. The van der Waals surface area contributed by atoms with Gasteiger partial charge in [0.05, 0.1) is 17.3 Å². The van der Waals surface area contributed by atoms with E-state index in [1.54, 1.807) is 43.3 Å². The van der Waals surface area contributed by atoms with Gasteiger partial charge in [-0.05, 0) is 71.5 Å². The van der Waals surface area contributed by atoms with Gasteiger partial charge >= 0.3 is 5.97 Å². The molecule has 0 aromatic heterocycles. The van der Waals surface area contributed by atoms with Crippen molar-refractivity contribution in [2.24, 2.45) is 0 Å². The largest absolute Gasteiger partial charge is 0.493 e. The highest BCUT2D eigenvalue weighted by atomic mass is 127. The third-order valence-corrected chi connectivity index (χ3v) is 4.69. The lowest BCUT2D eigenvalue weighted by atomic mass is 10.1. The summed E-state index contributed by atoms with van der Waals surface area (Å²) in [5.74, 6) is -0.352. The number of nitriles is 1. The Bertz CT molecular complexity index is 1020. The molecule has 0 bridgehead atoms. The first-order chi connectivity index (χ1) is 14.4. The average Bonchev–Trinajstić information content (AvgIpc) is 2.70. The van der Waals surface area contributed by atoms with E-state index in [0.717, 1.165) is 0 Å². The van der Waals surface area contributed by atoms with Gasteiger partial charge in [0, 0.05) is 10.7 Å². The lowest BCUT2D eigenvalue weighted by Crippen LogP contribution is -2.15. The van der Waals surface area contributed by atoms with Gasteiger partial charge < -0.3 is 19.5 Å². The lowest BCUT2D eigenvalue weighted by Gasteiger charge is -2.13. The van der Waals surface area contributed by atoms with Crippen LogP contribution in [0.1, 0.15) is 12.5 Å². The number of hydrogen-bond donors (Lipinski definition) is 1. The molecular weight excluding hydrogens is 523 g/mol. The van der Waals surface area contributed by atoms with Crippen molar-refractivity contribution in [3.63, 3.8) is 0 Å². The van der Waals surface area contributed by atoms with Gasteiger partial charge in [0.2, 0.25) is 0 Å². The summed E-state index contributed by atoms with van der Waals surface area (Å²) in [7, 11) is 1.45. The fourth-order valence-corrected chi connectivity index (χ4v) is 3.35. The van der Waals surface area contributed by atoms with E-state index >= 15 is 0 Å². The van der Waals surface area contributed by atoms with E-state index < -0.39 is 11.9 Å². The van der Waals surface area contributed by atoms with Gasteiger partial charge in [-0.1, -0.05) is 17.7 Å². The van der Waals surface area contributed by atoms with Crippen molar-refractivity contribution >= 4 is 57.8 Å². The monoisotopic (exact) mass is 540 g/mol. The van der Waals surface area contributed by atoms with Crippen LogP contribution in [0.4, 0.5) is 5.69 Å². The summed E-state index contributed by atoms with van der Waals surface area (Å²) >= 11 is 7.93. The van der Waals surface area contributed by atoms with Gasteiger partial charge in [-0.15, -0.1) is 0 Å². The Kier molecular flexibility index (Phi) is 8.95. The number of carbonyl (C=O) groups is 2. The van der Waals surface area contributed by atoms with Crippen LogP contribution in [0, 0.1) is 14.9 Å². The molecule has 0 fully saturated rings. The normalized spacial score (nSPS) is 10.7. The molecule has 2 aromatic carbocycles. The van der Waals surface area contributed by atoms with Crippen molar-refractivity contribution in [1.82, 2.24) is 0 Å². The molecule has 0 aliphatic carbocycles. The number of esters is 1. The number of ether oxygens (including phenoxy) is 3. The van der Waals surface area contributed by atoms with Crippen LogP contribution in [0.5, 0.6) is 11.5 Å². The number of amides is 1. The second-order valence-corrected chi connectivity index (χ2v) is 7.36. The summed E-state index contributed by atoms with van der Waals surface area (Å²) < 4.78 is 16.3. The van der Waals surface area contributed by atoms with Gasteiger partial charge in [-0.2, -0.15) is 5.26 Å². The highest BCUT2D eigenvalue weighted by Gasteiger charge is 2.15.